The Morgan fingerprint density at radius 2 is 2.36 bits per heavy atom. The van der Waals surface area contributed by atoms with Crippen LogP contribution in [0.1, 0.15) is 0 Å². The van der Waals surface area contributed by atoms with Crippen molar-refractivity contribution >= 4 is 21.6 Å². The summed E-state index contributed by atoms with van der Waals surface area (Å²) in [4.78, 5) is 3.92. The van der Waals surface area contributed by atoms with Gasteiger partial charge in [-0.3, -0.25) is 0 Å². The van der Waals surface area contributed by atoms with Crippen LogP contribution in [-0.4, -0.2) is 9.38 Å². The minimum Gasteiger partial charge on any atom is -0.306 e. The van der Waals surface area contributed by atoms with Crippen LogP contribution in [0, 0.1) is 5.82 Å². The normalized spacial score (nSPS) is 10.7. The summed E-state index contributed by atoms with van der Waals surface area (Å²) in [6.07, 6.45) is 5.03. The van der Waals surface area contributed by atoms with Crippen molar-refractivity contribution in [3.8, 4) is 0 Å². The summed E-state index contributed by atoms with van der Waals surface area (Å²) in [5, 5.41) is 0. The van der Waals surface area contributed by atoms with E-state index in [0.717, 1.165) is 0 Å². The molecule has 0 saturated heterocycles. The number of hydrogen-bond donors (Lipinski definition) is 0. The van der Waals surface area contributed by atoms with E-state index in [4.69, 9.17) is 0 Å². The molecule has 2 aromatic heterocycles. The van der Waals surface area contributed by atoms with E-state index < -0.39 is 0 Å². The third-order valence-electron chi connectivity index (χ3n) is 1.44. The number of hydrogen-bond acceptors (Lipinski definition) is 1. The first-order chi connectivity index (χ1) is 5.27. The molecule has 0 N–H and O–H groups in total. The number of nitrogens with zero attached hydrogens (tertiary/aromatic N) is 2. The van der Waals surface area contributed by atoms with Crippen molar-refractivity contribution < 1.29 is 4.39 Å². The first-order valence-corrected chi connectivity index (χ1v) is 3.84. The summed E-state index contributed by atoms with van der Waals surface area (Å²) in [5.41, 5.74) is 0.616. The molecule has 4 heteroatoms. The predicted molar refractivity (Wildman–Crippen MR) is 42.9 cm³/mol. The van der Waals surface area contributed by atoms with E-state index >= 15 is 0 Å². The SMILES string of the molecule is Fc1cc2nccn2cc1Br. The number of aromatic nitrogens is 2. The van der Waals surface area contributed by atoms with Gasteiger partial charge in [0.15, 0.2) is 0 Å². The Balaban J connectivity index is 2.86. The highest BCUT2D eigenvalue weighted by atomic mass is 79.9. The number of pyridine rings is 1. The van der Waals surface area contributed by atoms with Gasteiger partial charge in [0.05, 0.1) is 4.47 Å². The summed E-state index contributed by atoms with van der Waals surface area (Å²) >= 11 is 3.08. The number of halogens is 2. The second-order valence-electron chi connectivity index (χ2n) is 2.16. The van der Waals surface area contributed by atoms with Gasteiger partial charge >= 0.3 is 0 Å². The fourth-order valence-electron chi connectivity index (χ4n) is 0.912. The van der Waals surface area contributed by atoms with Crippen molar-refractivity contribution in [1.82, 2.24) is 9.38 Å². The molecule has 0 unspecified atom stereocenters. The zero-order valence-electron chi connectivity index (χ0n) is 5.46. The molecule has 2 nitrogen and oxygen atoms in total. The molecule has 11 heavy (non-hydrogen) atoms. The molecule has 0 spiro atoms. The monoisotopic (exact) mass is 214 g/mol. The highest BCUT2D eigenvalue weighted by molar-refractivity contribution is 9.10. The Labute approximate surface area is 70.8 Å². The van der Waals surface area contributed by atoms with E-state index in [1.54, 1.807) is 23.0 Å². The molecule has 2 aromatic rings. The van der Waals surface area contributed by atoms with Crippen molar-refractivity contribution in [3.63, 3.8) is 0 Å². The fourth-order valence-corrected chi connectivity index (χ4v) is 1.25. The van der Waals surface area contributed by atoms with E-state index in [9.17, 15) is 4.39 Å². The van der Waals surface area contributed by atoms with E-state index in [2.05, 4.69) is 20.9 Å². The molecule has 0 fully saturated rings. The fraction of sp³-hybridized carbons (Fsp3) is 0. The second kappa shape index (κ2) is 2.30. The predicted octanol–water partition coefficient (Wildman–Crippen LogP) is 2.24. The quantitative estimate of drug-likeness (QED) is 0.658. The van der Waals surface area contributed by atoms with Crippen LogP contribution in [0.3, 0.4) is 0 Å². The summed E-state index contributed by atoms with van der Waals surface area (Å²) in [6.45, 7) is 0. The standard InChI is InChI=1S/C7H4BrFN2/c8-5-4-11-2-1-10-7(11)3-6(5)9/h1-4H. The maximum absolute atomic E-state index is 12.8. The highest BCUT2D eigenvalue weighted by Crippen LogP contribution is 2.15. The van der Waals surface area contributed by atoms with Gasteiger partial charge in [-0.25, -0.2) is 9.37 Å². The molecule has 56 valence electrons. The Morgan fingerprint density at radius 1 is 1.55 bits per heavy atom. The summed E-state index contributed by atoms with van der Waals surface area (Å²) < 4.78 is 15.0. The van der Waals surface area contributed by atoms with Gasteiger partial charge in [0, 0.05) is 24.7 Å². The highest BCUT2D eigenvalue weighted by Gasteiger charge is 2.00. The van der Waals surface area contributed by atoms with Gasteiger partial charge in [-0.05, 0) is 15.9 Å². The van der Waals surface area contributed by atoms with Gasteiger partial charge in [0.1, 0.15) is 11.5 Å². The molecular weight excluding hydrogens is 211 g/mol. The van der Waals surface area contributed by atoms with Gasteiger partial charge in [-0.2, -0.15) is 0 Å². The first-order valence-electron chi connectivity index (χ1n) is 3.05. The number of imidazole rings is 1. The van der Waals surface area contributed by atoms with Crippen molar-refractivity contribution in [2.75, 3.05) is 0 Å². The zero-order valence-corrected chi connectivity index (χ0v) is 7.05. The van der Waals surface area contributed by atoms with Crippen LogP contribution in [0.2, 0.25) is 0 Å². The molecule has 0 aliphatic rings. The van der Waals surface area contributed by atoms with E-state index in [0.29, 0.717) is 10.1 Å². The van der Waals surface area contributed by atoms with Crippen LogP contribution < -0.4 is 0 Å². The van der Waals surface area contributed by atoms with Crippen LogP contribution in [0.5, 0.6) is 0 Å². The Bertz CT molecular complexity index is 360. The van der Waals surface area contributed by atoms with Gasteiger partial charge in [-0.15, -0.1) is 0 Å². The maximum Gasteiger partial charge on any atom is 0.142 e. The van der Waals surface area contributed by atoms with Crippen LogP contribution in [0.15, 0.2) is 29.1 Å². The molecule has 0 saturated carbocycles. The third-order valence-corrected chi connectivity index (χ3v) is 2.02. The molecule has 0 aliphatic heterocycles. The van der Waals surface area contributed by atoms with Crippen LogP contribution in [0.4, 0.5) is 4.39 Å². The van der Waals surface area contributed by atoms with E-state index in [1.165, 1.54) is 6.07 Å². The zero-order chi connectivity index (χ0) is 7.84. The lowest BCUT2D eigenvalue weighted by atomic mass is 10.4. The second-order valence-corrected chi connectivity index (χ2v) is 3.02. The molecule has 0 bridgehead atoms. The van der Waals surface area contributed by atoms with Gasteiger partial charge < -0.3 is 4.40 Å². The Kier molecular flexibility index (Phi) is 1.42. The lowest BCUT2D eigenvalue weighted by molar-refractivity contribution is 0.619. The number of rotatable bonds is 0. The minimum atomic E-state index is -0.288. The maximum atomic E-state index is 12.8. The molecule has 2 heterocycles. The van der Waals surface area contributed by atoms with E-state index in [-0.39, 0.29) is 5.82 Å². The Hall–Kier alpha value is -0.900. The molecule has 0 aromatic carbocycles. The molecule has 0 amide bonds. The van der Waals surface area contributed by atoms with E-state index in [1.807, 2.05) is 0 Å². The summed E-state index contributed by atoms with van der Waals surface area (Å²) in [7, 11) is 0. The number of fused-ring (bicyclic) bond motifs is 1. The molecule has 2 rings (SSSR count). The lowest BCUT2D eigenvalue weighted by Gasteiger charge is -1.95. The molecule has 0 radical (unpaired) electrons. The molecule has 0 aliphatic carbocycles. The smallest absolute Gasteiger partial charge is 0.142 e. The van der Waals surface area contributed by atoms with Crippen molar-refractivity contribution in [2.45, 2.75) is 0 Å². The summed E-state index contributed by atoms with van der Waals surface area (Å²) in [5.74, 6) is -0.288. The van der Waals surface area contributed by atoms with Crippen molar-refractivity contribution in [2.24, 2.45) is 0 Å². The van der Waals surface area contributed by atoms with Crippen LogP contribution >= 0.6 is 15.9 Å². The summed E-state index contributed by atoms with van der Waals surface area (Å²) in [6, 6.07) is 1.38. The average molecular weight is 215 g/mol. The Morgan fingerprint density at radius 3 is 3.18 bits per heavy atom. The largest absolute Gasteiger partial charge is 0.306 e. The van der Waals surface area contributed by atoms with Crippen LogP contribution in [0.25, 0.3) is 5.65 Å². The van der Waals surface area contributed by atoms with Crippen molar-refractivity contribution in [1.29, 1.82) is 0 Å². The minimum absolute atomic E-state index is 0.288. The first kappa shape index (κ1) is 6.79. The van der Waals surface area contributed by atoms with Crippen molar-refractivity contribution in [3.05, 3.63) is 34.9 Å². The average Bonchev–Trinajstić information content (AvgIpc) is 2.36. The van der Waals surface area contributed by atoms with Crippen LogP contribution in [-0.2, 0) is 0 Å². The molecule has 0 atom stereocenters. The third kappa shape index (κ3) is 1.03. The van der Waals surface area contributed by atoms with Gasteiger partial charge in [-0.1, -0.05) is 0 Å². The van der Waals surface area contributed by atoms with Gasteiger partial charge in [0.25, 0.3) is 0 Å². The van der Waals surface area contributed by atoms with Gasteiger partial charge in [0.2, 0.25) is 0 Å². The lowest BCUT2D eigenvalue weighted by Crippen LogP contribution is -1.85. The molecular formula is C7H4BrFN2. The topological polar surface area (TPSA) is 17.3 Å².